The summed E-state index contributed by atoms with van der Waals surface area (Å²) < 4.78 is 5.93. The number of thiophene rings is 1. The van der Waals surface area contributed by atoms with Gasteiger partial charge in [0.05, 0.1) is 11.6 Å². The zero-order chi connectivity index (χ0) is 11.4. The fraction of sp³-hybridized carbons (Fsp3) is 0.667. The maximum Gasteiger partial charge on any atom is 0.0823 e. The Morgan fingerprint density at radius 2 is 2.50 bits per heavy atom. The van der Waals surface area contributed by atoms with E-state index in [9.17, 15) is 0 Å². The molecule has 1 aliphatic rings. The first kappa shape index (κ1) is 12.0. The Labute approximate surface area is 101 Å². The van der Waals surface area contributed by atoms with Crippen LogP contribution in [0.15, 0.2) is 17.5 Å². The number of rotatable bonds is 4. The minimum atomic E-state index is -0.114. The molecule has 1 fully saturated rings. The summed E-state index contributed by atoms with van der Waals surface area (Å²) in [6.45, 7) is 3.03. The summed E-state index contributed by atoms with van der Waals surface area (Å²) in [5, 5.41) is 2.10. The summed E-state index contributed by atoms with van der Waals surface area (Å²) in [5.41, 5.74) is 2.82. The fourth-order valence-corrected chi connectivity index (χ4v) is 3.06. The molecular weight excluding hydrogens is 220 g/mol. The molecule has 2 unspecified atom stereocenters. The Hall–Kier alpha value is -0.420. The van der Waals surface area contributed by atoms with E-state index in [0.29, 0.717) is 0 Å². The average Bonchev–Trinajstić information content (AvgIpc) is 2.79. The summed E-state index contributed by atoms with van der Waals surface area (Å²) in [4.78, 5) is 1.36. The Morgan fingerprint density at radius 3 is 3.06 bits per heavy atom. The molecule has 0 saturated carbocycles. The van der Waals surface area contributed by atoms with Crippen molar-refractivity contribution in [2.24, 2.45) is 5.84 Å². The lowest BCUT2D eigenvalue weighted by Gasteiger charge is -2.40. The van der Waals surface area contributed by atoms with E-state index in [-0.39, 0.29) is 11.6 Å². The Kier molecular flexibility index (Phi) is 3.97. The molecule has 1 aromatic rings. The van der Waals surface area contributed by atoms with Gasteiger partial charge < -0.3 is 4.74 Å². The van der Waals surface area contributed by atoms with E-state index in [1.54, 1.807) is 11.3 Å². The SMILES string of the molecule is CC1(C(Cc2cccs2)NN)CCCCO1. The summed E-state index contributed by atoms with van der Waals surface area (Å²) in [6.07, 6.45) is 4.45. The van der Waals surface area contributed by atoms with Crippen molar-refractivity contribution in [1.82, 2.24) is 5.43 Å². The van der Waals surface area contributed by atoms with E-state index >= 15 is 0 Å². The zero-order valence-corrected chi connectivity index (χ0v) is 10.6. The predicted octanol–water partition coefficient (Wildman–Crippen LogP) is 2.08. The third-order valence-corrected chi connectivity index (χ3v) is 4.32. The van der Waals surface area contributed by atoms with Gasteiger partial charge in [-0.3, -0.25) is 11.3 Å². The zero-order valence-electron chi connectivity index (χ0n) is 9.74. The van der Waals surface area contributed by atoms with Crippen LogP contribution in [0, 0.1) is 0 Å². The van der Waals surface area contributed by atoms with E-state index in [1.165, 1.54) is 17.7 Å². The average molecular weight is 240 g/mol. The highest BCUT2D eigenvalue weighted by Gasteiger charge is 2.36. The number of hydrazine groups is 1. The van der Waals surface area contributed by atoms with Crippen molar-refractivity contribution in [3.05, 3.63) is 22.4 Å². The van der Waals surface area contributed by atoms with Gasteiger partial charge in [0.2, 0.25) is 0 Å². The van der Waals surface area contributed by atoms with Gasteiger partial charge in [-0.05, 0) is 37.6 Å². The van der Waals surface area contributed by atoms with Crippen LogP contribution >= 0.6 is 11.3 Å². The third-order valence-electron chi connectivity index (χ3n) is 3.42. The van der Waals surface area contributed by atoms with Crippen molar-refractivity contribution in [1.29, 1.82) is 0 Å². The predicted molar refractivity (Wildman–Crippen MR) is 67.3 cm³/mol. The molecule has 16 heavy (non-hydrogen) atoms. The van der Waals surface area contributed by atoms with Gasteiger partial charge >= 0.3 is 0 Å². The van der Waals surface area contributed by atoms with E-state index < -0.39 is 0 Å². The molecule has 1 saturated heterocycles. The maximum absolute atomic E-state index is 5.93. The smallest absolute Gasteiger partial charge is 0.0823 e. The Balaban J connectivity index is 2.03. The van der Waals surface area contributed by atoms with Crippen LogP contribution in [0.25, 0.3) is 0 Å². The highest BCUT2D eigenvalue weighted by molar-refractivity contribution is 7.09. The maximum atomic E-state index is 5.93. The van der Waals surface area contributed by atoms with Crippen molar-refractivity contribution in [3.63, 3.8) is 0 Å². The largest absolute Gasteiger partial charge is 0.374 e. The summed E-state index contributed by atoms with van der Waals surface area (Å²) >= 11 is 1.78. The molecule has 1 aliphatic heterocycles. The molecule has 2 heterocycles. The lowest BCUT2D eigenvalue weighted by atomic mass is 9.86. The van der Waals surface area contributed by atoms with Gasteiger partial charge in [-0.2, -0.15) is 0 Å². The molecule has 90 valence electrons. The van der Waals surface area contributed by atoms with E-state index in [4.69, 9.17) is 10.6 Å². The molecule has 3 N–H and O–H groups in total. The molecular formula is C12H20N2OS. The lowest BCUT2D eigenvalue weighted by Crippen LogP contribution is -2.55. The molecule has 0 aromatic carbocycles. The van der Waals surface area contributed by atoms with Crippen LogP contribution in [-0.4, -0.2) is 18.2 Å². The second-order valence-electron chi connectivity index (χ2n) is 4.62. The van der Waals surface area contributed by atoms with Gasteiger partial charge in [0.1, 0.15) is 0 Å². The normalized spacial score (nSPS) is 27.9. The molecule has 2 atom stereocenters. The monoisotopic (exact) mass is 240 g/mol. The van der Waals surface area contributed by atoms with Crippen molar-refractivity contribution in [3.8, 4) is 0 Å². The third kappa shape index (κ3) is 2.63. The van der Waals surface area contributed by atoms with Crippen molar-refractivity contribution in [2.45, 2.75) is 44.2 Å². The molecule has 0 aliphatic carbocycles. The van der Waals surface area contributed by atoms with Gasteiger partial charge in [-0.25, -0.2) is 0 Å². The summed E-state index contributed by atoms with van der Waals surface area (Å²) in [5.74, 6) is 5.68. The van der Waals surface area contributed by atoms with E-state index in [1.807, 2.05) is 0 Å². The van der Waals surface area contributed by atoms with Crippen LogP contribution in [0.3, 0.4) is 0 Å². The van der Waals surface area contributed by atoms with Crippen LogP contribution in [0.1, 0.15) is 31.1 Å². The van der Waals surface area contributed by atoms with E-state index in [0.717, 1.165) is 19.4 Å². The first-order valence-corrected chi connectivity index (χ1v) is 6.75. The van der Waals surface area contributed by atoms with Crippen molar-refractivity contribution >= 4 is 11.3 Å². The number of nitrogens with two attached hydrogens (primary N) is 1. The molecule has 0 radical (unpaired) electrons. The molecule has 3 nitrogen and oxygen atoms in total. The standard InChI is InChI=1S/C12H20N2OS/c1-12(6-2-3-7-15-12)11(14-13)9-10-5-4-8-16-10/h4-5,8,11,14H,2-3,6-7,9,13H2,1H3. The lowest BCUT2D eigenvalue weighted by molar-refractivity contribution is -0.0883. The van der Waals surface area contributed by atoms with Gasteiger partial charge in [-0.1, -0.05) is 6.07 Å². The second kappa shape index (κ2) is 5.27. The van der Waals surface area contributed by atoms with Crippen LogP contribution < -0.4 is 11.3 Å². The van der Waals surface area contributed by atoms with Crippen LogP contribution in [0.2, 0.25) is 0 Å². The van der Waals surface area contributed by atoms with Crippen LogP contribution in [0.5, 0.6) is 0 Å². The molecule has 0 spiro atoms. The second-order valence-corrected chi connectivity index (χ2v) is 5.65. The molecule has 0 bridgehead atoms. The van der Waals surface area contributed by atoms with Crippen molar-refractivity contribution in [2.75, 3.05) is 6.61 Å². The van der Waals surface area contributed by atoms with E-state index in [2.05, 4.69) is 29.9 Å². The summed E-state index contributed by atoms with van der Waals surface area (Å²) in [7, 11) is 0. The molecule has 1 aromatic heterocycles. The number of nitrogens with one attached hydrogen (secondary N) is 1. The van der Waals surface area contributed by atoms with Crippen LogP contribution in [-0.2, 0) is 11.2 Å². The molecule has 2 rings (SSSR count). The number of hydrogen-bond donors (Lipinski definition) is 2. The fourth-order valence-electron chi connectivity index (χ4n) is 2.31. The topological polar surface area (TPSA) is 47.3 Å². The number of ether oxygens (including phenoxy) is 1. The van der Waals surface area contributed by atoms with Gasteiger partial charge in [0, 0.05) is 17.9 Å². The van der Waals surface area contributed by atoms with Gasteiger partial charge in [0.15, 0.2) is 0 Å². The van der Waals surface area contributed by atoms with Gasteiger partial charge in [0.25, 0.3) is 0 Å². The Bertz CT molecular complexity index is 307. The quantitative estimate of drug-likeness (QED) is 0.626. The van der Waals surface area contributed by atoms with Gasteiger partial charge in [-0.15, -0.1) is 11.3 Å². The minimum Gasteiger partial charge on any atom is -0.374 e. The highest BCUT2D eigenvalue weighted by Crippen LogP contribution is 2.29. The molecule has 4 heteroatoms. The first-order chi connectivity index (χ1) is 7.74. The first-order valence-electron chi connectivity index (χ1n) is 5.87. The van der Waals surface area contributed by atoms with Crippen LogP contribution in [0.4, 0.5) is 0 Å². The summed E-state index contributed by atoms with van der Waals surface area (Å²) in [6, 6.07) is 4.44. The minimum absolute atomic E-state index is 0.114. The molecule has 0 amide bonds. The number of hydrogen-bond acceptors (Lipinski definition) is 4. The Morgan fingerprint density at radius 1 is 1.62 bits per heavy atom. The van der Waals surface area contributed by atoms with Crippen molar-refractivity contribution < 1.29 is 4.74 Å². The highest BCUT2D eigenvalue weighted by atomic mass is 32.1.